The lowest BCUT2D eigenvalue weighted by atomic mass is 10.1. The summed E-state index contributed by atoms with van der Waals surface area (Å²) >= 11 is 0. The molecule has 0 saturated carbocycles. The average molecular weight is 276 g/mol. The standard InChI is InChI=1S/C19H34N/c1-3-5-7-8-9-10-12-16-20-17-14-19(15-18-20)13-11-6-4-2/h14-15,17-18H,3-13,16H2,1-2H3/q+1. The van der Waals surface area contributed by atoms with Crippen molar-refractivity contribution in [1.82, 2.24) is 0 Å². The molecular weight excluding hydrogens is 242 g/mol. The quantitative estimate of drug-likeness (QED) is 0.353. The first kappa shape index (κ1) is 17.2. The summed E-state index contributed by atoms with van der Waals surface area (Å²) in [5.74, 6) is 0. The van der Waals surface area contributed by atoms with Crippen LogP contribution >= 0.6 is 0 Å². The summed E-state index contributed by atoms with van der Waals surface area (Å²) in [6, 6.07) is 4.60. The van der Waals surface area contributed by atoms with E-state index in [0.29, 0.717) is 0 Å². The van der Waals surface area contributed by atoms with Crippen LogP contribution in [0.25, 0.3) is 0 Å². The van der Waals surface area contributed by atoms with E-state index in [0.717, 1.165) is 0 Å². The van der Waals surface area contributed by atoms with E-state index in [1.165, 1.54) is 82.7 Å². The van der Waals surface area contributed by atoms with Crippen molar-refractivity contribution in [2.24, 2.45) is 0 Å². The van der Waals surface area contributed by atoms with Gasteiger partial charge in [-0.15, -0.1) is 0 Å². The molecule has 0 aliphatic heterocycles. The molecule has 0 fully saturated rings. The van der Waals surface area contributed by atoms with Gasteiger partial charge in [-0.3, -0.25) is 0 Å². The van der Waals surface area contributed by atoms with Crippen LogP contribution in [0.4, 0.5) is 0 Å². The summed E-state index contributed by atoms with van der Waals surface area (Å²) in [5.41, 5.74) is 1.49. The number of nitrogens with zero attached hydrogens (tertiary/aromatic N) is 1. The highest BCUT2D eigenvalue weighted by molar-refractivity contribution is 5.07. The molecule has 0 aromatic carbocycles. The van der Waals surface area contributed by atoms with Gasteiger partial charge >= 0.3 is 0 Å². The summed E-state index contributed by atoms with van der Waals surface area (Å²) < 4.78 is 2.34. The maximum atomic E-state index is 2.34. The zero-order valence-corrected chi connectivity index (χ0v) is 13.7. The largest absolute Gasteiger partial charge is 0.205 e. The number of rotatable bonds is 12. The minimum absolute atomic E-state index is 1.18. The molecule has 20 heavy (non-hydrogen) atoms. The Morgan fingerprint density at radius 2 is 1.25 bits per heavy atom. The van der Waals surface area contributed by atoms with E-state index in [2.05, 4.69) is 42.9 Å². The topological polar surface area (TPSA) is 3.88 Å². The number of hydrogen-bond donors (Lipinski definition) is 0. The molecule has 1 rings (SSSR count). The Balaban J connectivity index is 2.08. The normalized spacial score (nSPS) is 10.9. The lowest BCUT2D eigenvalue weighted by Gasteiger charge is -2.01. The van der Waals surface area contributed by atoms with Crippen molar-refractivity contribution < 1.29 is 4.57 Å². The maximum Gasteiger partial charge on any atom is 0.169 e. The van der Waals surface area contributed by atoms with Crippen molar-refractivity contribution in [2.45, 2.75) is 91.0 Å². The third kappa shape index (κ3) is 8.35. The maximum absolute atomic E-state index is 2.34. The summed E-state index contributed by atoms with van der Waals surface area (Å²) in [7, 11) is 0. The van der Waals surface area contributed by atoms with Crippen LogP contribution in [-0.4, -0.2) is 0 Å². The summed E-state index contributed by atoms with van der Waals surface area (Å²) in [4.78, 5) is 0. The van der Waals surface area contributed by atoms with Crippen molar-refractivity contribution in [3.8, 4) is 0 Å². The Kier molecular flexibility index (Phi) is 10.3. The molecule has 1 aromatic heterocycles. The van der Waals surface area contributed by atoms with Gasteiger partial charge in [0.25, 0.3) is 0 Å². The van der Waals surface area contributed by atoms with Crippen molar-refractivity contribution >= 4 is 0 Å². The molecule has 114 valence electrons. The van der Waals surface area contributed by atoms with Crippen LogP contribution in [-0.2, 0) is 13.0 Å². The number of aromatic nitrogens is 1. The Morgan fingerprint density at radius 3 is 1.90 bits per heavy atom. The van der Waals surface area contributed by atoms with E-state index in [1.54, 1.807) is 0 Å². The van der Waals surface area contributed by atoms with Crippen LogP contribution in [0.2, 0.25) is 0 Å². The molecule has 0 saturated heterocycles. The van der Waals surface area contributed by atoms with Crippen molar-refractivity contribution in [1.29, 1.82) is 0 Å². The van der Waals surface area contributed by atoms with Gasteiger partial charge in [0.15, 0.2) is 12.4 Å². The van der Waals surface area contributed by atoms with Crippen LogP contribution in [0.3, 0.4) is 0 Å². The fraction of sp³-hybridized carbons (Fsp3) is 0.737. The smallest absolute Gasteiger partial charge is 0.169 e. The second-order valence-corrected chi connectivity index (χ2v) is 6.02. The van der Waals surface area contributed by atoms with Gasteiger partial charge in [0, 0.05) is 18.6 Å². The van der Waals surface area contributed by atoms with E-state index in [9.17, 15) is 0 Å². The number of hydrogen-bond acceptors (Lipinski definition) is 0. The second-order valence-electron chi connectivity index (χ2n) is 6.02. The van der Waals surface area contributed by atoms with Crippen LogP contribution in [0.1, 0.15) is 83.6 Å². The van der Waals surface area contributed by atoms with Crippen LogP contribution in [0.5, 0.6) is 0 Å². The van der Waals surface area contributed by atoms with Crippen LogP contribution in [0.15, 0.2) is 24.5 Å². The fourth-order valence-corrected chi connectivity index (χ4v) is 2.63. The highest BCUT2D eigenvalue weighted by atomic mass is 14.9. The van der Waals surface area contributed by atoms with E-state index in [1.807, 2.05) is 0 Å². The van der Waals surface area contributed by atoms with Gasteiger partial charge in [0.2, 0.25) is 0 Å². The predicted molar refractivity (Wildman–Crippen MR) is 87.9 cm³/mol. The summed E-state index contributed by atoms with van der Waals surface area (Å²) in [6.07, 6.45) is 19.5. The third-order valence-electron chi connectivity index (χ3n) is 4.05. The second kappa shape index (κ2) is 11.9. The highest BCUT2D eigenvalue weighted by Crippen LogP contribution is 2.07. The molecule has 1 heteroatoms. The SMILES string of the molecule is CCCCCCCCC[n+]1ccc(CCCCC)cc1. The molecule has 0 spiro atoms. The van der Waals surface area contributed by atoms with E-state index >= 15 is 0 Å². The van der Waals surface area contributed by atoms with Crippen LogP contribution < -0.4 is 4.57 Å². The van der Waals surface area contributed by atoms with Gasteiger partial charge < -0.3 is 0 Å². The van der Waals surface area contributed by atoms with Gasteiger partial charge in [0.1, 0.15) is 6.54 Å². The monoisotopic (exact) mass is 276 g/mol. The molecule has 0 amide bonds. The molecule has 0 N–H and O–H groups in total. The van der Waals surface area contributed by atoms with Gasteiger partial charge in [-0.25, -0.2) is 4.57 Å². The summed E-state index contributed by atoms with van der Waals surface area (Å²) in [5, 5.41) is 0. The van der Waals surface area contributed by atoms with Crippen LogP contribution in [0, 0.1) is 0 Å². The van der Waals surface area contributed by atoms with Gasteiger partial charge in [-0.05, 0) is 24.8 Å². The van der Waals surface area contributed by atoms with Gasteiger partial charge in [-0.2, -0.15) is 0 Å². The van der Waals surface area contributed by atoms with Crippen molar-refractivity contribution in [3.05, 3.63) is 30.1 Å². The first-order valence-electron chi connectivity index (χ1n) is 8.84. The first-order valence-corrected chi connectivity index (χ1v) is 8.84. The molecular formula is C19H34N+. The molecule has 0 aliphatic rings. The molecule has 1 aromatic rings. The molecule has 1 heterocycles. The molecule has 0 unspecified atom stereocenters. The molecule has 1 nitrogen and oxygen atoms in total. The highest BCUT2D eigenvalue weighted by Gasteiger charge is 2.01. The Labute approximate surface area is 126 Å². The Bertz CT molecular complexity index is 315. The minimum atomic E-state index is 1.18. The third-order valence-corrected chi connectivity index (χ3v) is 4.05. The molecule has 0 atom stereocenters. The molecule has 0 radical (unpaired) electrons. The number of unbranched alkanes of at least 4 members (excludes halogenated alkanes) is 8. The summed E-state index contributed by atoms with van der Waals surface area (Å²) in [6.45, 7) is 5.73. The Hall–Kier alpha value is -0.850. The van der Waals surface area contributed by atoms with E-state index < -0.39 is 0 Å². The van der Waals surface area contributed by atoms with Crippen molar-refractivity contribution in [2.75, 3.05) is 0 Å². The number of aryl methyl sites for hydroxylation is 2. The molecule has 0 bridgehead atoms. The average Bonchev–Trinajstić information content (AvgIpc) is 2.48. The number of pyridine rings is 1. The van der Waals surface area contributed by atoms with Gasteiger partial charge in [0.05, 0.1) is 0 Å². The lowest BCUT2D eigenvalue weighted by molar-refractivity contribution is -0.697. The van der Waals surface area contributed by atoms with Crippen molar-refractivity contribution in [3.63, 3.8) is 0 Å². The molecule has 0 aliphatic carbocycles. The zero-order chi connectivity index (χ0) is 14.5. The first-order chi connectivity index (χ1) is 9.86. The lowest BCUT2D eigenvalue weighted by Crippen LogP contribution is -2.32. The van der Waals surface area contributed by atoms with E-state index in [4.69, 9.17) is 0 Å². The fourth-order valence-electron chi connectivity index (χ4n) is 2.63. The van der Waals surface area contributed by atoms with E-state index in [-0.39, 0.29) is 0 Å². The zero-order valence-electron chi connectivity index (χ0n) is 13.7. The van der Waals surface area contributed by atoms with Gasteiger partial charge in [-0.1, -0.05) is 58.8 Å². The predicted octanol–water partition coefficient (Wildman–Crippen LogP) is 5.46. The minimum Gasteiger partial charge on any atom is -0.205 e. The Morgan fingerprint density at radius 1 is 0.700 bits per heavy atom.